The molecule has 4 heteroatoms. The molecular formula is C27H40BrNO2. The number of hydrogen-bond donors (Lipinski definition) is 0. The number of nitrogens with zero attached hydrogens (tertiary/aromatic N) is 1. The number of hydrogen-bond acceptors (Lipinski definition) is 2. The number of rotatable bonds is 7. The van der Waals surface area contributed by atoms with Crippen LogP contribution >= 0.6 is 15.9 Å². The van der Waals surface area contributed by atoms with Crippen molar-refractivity contribution in [1.29, 1.82) is 0 Å². The fourth-order valence-electron chi connectivity index (χ4n) is 5.79. The zero-order valence-corrected chi connectivity index (χ0v) is 21.3. The molecular weight excluding hydrogens is 450 g/mol. The molecule has 0 unspecified atom stereocenters. The Morgan fingerprint density at radius 2 is 1.55 bits per heavy atom. The maximum atomic E-state index is 13.5. The first-order valence-corrected chi connectivity index (χ1v) is 13.3. The molecule has 0 radical (unpaired) electrons. The van der Waals surface area contributed by atoms with E-state index in [1.807, 2.05) is 36.9 Å². The van der Waals surface area contributed by atoms with Crippen LogP contribution in [0.4, 0.5) is 0 Å². The largest absolute Gasteiger partial charge is 0.339 e. The minimum absolute atomic E-state index is 0.0301. The molecule has 3 nitrogen and oxygen atoms in total. The zero-order valence-electron chi connectivity index (χ0n) is 19.7. The van der Waals surface area contributed by atoms with Crippen LogP contribution < -0.4 is 0 Å². The Hall–Kier alpha value is -1.16. The first-order chi connectivity index (χ1) is 14.9. The number of amides is 1. The van der Waals surface area contributed by atoms with Crippen LogP contribution in [0.15, 0.2) is 22.7 Å². The third kappa shape index (κ3) is 6.00. The molecule has 0 spiro atoms. The van der Waals surface area contributed by atoms with E-state index in [2.05, 4.69) is 22.9 Å². The lowest BCUT2D eigenvalue weighted by atomic mass is 9.65. The monoisotopic (exact) mass is 489 g/mol. The van der Waals surface area contributed by atoms with Gasteiger partial charge in [0.15, 0.2) is 0 Å². The van der Waals surface area contributed by atoms with E-state index in [0.717, 1.165) is 34.7 Å². The van der Waals surface area contributed by atoms with Gasteiger partial charge in [-0.2, -0.15) is 0 Å². The molecule has 0 heterocycles. The SMILES string of the molecule is CCN(CC)C(=O)c1ccc(Br)cc1CC(=O)C1(C)CCC(C2CCCCCC2)CC1. The summed E-state index contributed by atoms with van der Waals surface area (Å²) in [5.74, 6) is 2.02. The summed E-state index contributed by atoms with van der Waals surface area (Å²) in [5.41, 5.74) is 1.29. The molecule has 31 heavy (non-hydrogen) atoms. The van der Waals surface area contributed by atoms with E-state index in [-0.39, 0.29) is 11.3 Å². The summed E-state index contributed by atoms with van der Waals surface area (Å²) in [6, 6.07) is 5.75. The summed E-state index contributed by atoms with van der Waals surface area (Å²) < 4.78 is 0.925. The van der Waals surface area contributed by atoms with E-state index in [1.165, 1.54) is 51.4 Å². The summed E-state index contributed by atoms with van der Waals surface area (Å²) in [4.78, 5) is 28.3. The van der Waals surface area contributed by atoms with Crippen molar-refractivity contribution in [3.63, 3.8) is 0 Å². The Labute approximate surface area is 197 Å². The summed E-state index contributed by atoms with van der Waals surface area (Å²) in [5, 5.41) is 0. The van der Waals surface area contributed by atoms with Crippen LogP contribution in [0.2, 0.25) is 0 Å². The van der Waals surface area contributed by atoms with E-state index < -0.39 is 0 Å². The average molecular weight is 491 g/mol. The van der Waals surface area contributed by atoms with Gasteiger partial charge >= 0.3 is 0 Å². The molecule has 0 atom stereocenters. The van der Waals surface area contributed by atoms with Crippen molar-refractivity contribution in [3.8, 4) is 0 Å². The smallest absolute Gasteiger partial charge is 0.254 e. The molecule has 2 fully saturated rings. The lowest BCUT2D eigenvalue weighted by Gasteiger charge is -2.39. The quantitative estimate of drug-likeness (QED) is 0.379. The van der Waals surface area contributed by atoms with E-state index in [4.69, 9.17) is 0 Å². The fourth-order valence-corrected chi connectivity index (χ4v) is 6.20. The first-order valence-electron chi connectivity index (χ1n) is 12.5. The van der Waals surface area contributed by atoms with Crippen LogP contribution in [-0.4, -0.2) is 29.7 Å². The van der Waals surface area contributed by atoms with E-state index in [0.29, 0.717) is 30.9 Å². The van der Waals surface area contributed by atoms with Gasteiger partial charge in [-0.25, -0.2) is 0 Å². The van der Waals surface area contributed by atoms with Gasteiger partial charge < -0.3 is 4.90 Å². The summed E-state index contributed by atoms with van der Waals surface area (Å²) in [7, 11) is 0. The molecule has 2 aliphatic carbocycles. The second-order valence-corrected chi connectivity index (χ2v) is 10.9. The van der Waals surface area contributed by atoms with Crippen LogP contribution in [0.3, 0.4) is 0 Å². The number of benzene rings is 1. The Bertz CT molecular complexity index is 754. The summed E-state index contributed by atoms with van der Waals surface area (Å²) >= 11 is 3.54. The van der Waals surface area contributed by atoms with Crippen LogP contribution in [0, 0.1) is 17.3 Å². The van der Waals surface area contributed by atoms with Crippen LogP contribution in [0.1, 0.15) is 101 Å². The number of ketones is 1. The van der Waals surface area contributed by atoms with Gasteiger partial charge in [-0.3, -0.25) is 9.59 Å². The van der Waals surface area contributed by atoms with E-state index >= 15 is 0 Å². The van der Waals surface area contributed by atoms with E-state index in [9.17, 15) is 9.59 Å². The molecule has 0 bridgehead atoms. The highest BCUT2D eigenvalue weighted by molar-refractivity contribution is 9.10. The second kappa shape index (κ2) is 11.1. The lowest BCUT2D eigenvalue weighted by Crippen LogP contribution is -2.36. The van der Waals surface area contributed by atoms with Crippen molar-refractivity contribution in [2.24, 2.45) is 17.3 Å². The van der Waals surface area contributed by atoms with Crippen molar-refractivity contribution in [2.75, 3.05) is 13.1 Å². The van der Waals surface area contributed by atoms with Crippen molar-refractivity contribution in [3.05, 3.63) is 33.8 Å². The highest BCUT2D eigenvalue weighted by Crippen LogP contribution is 2.45. The van der Waals surface area contributed by atoms with Gasteiger partial charge in [-0.15, -0.1) is 0 Å². The maximum Gasteiger partial charge on any atom is 0.254 e. The lowest BCUT2D eigenvalue weighted by molar-refractivity contribution is -0.129. The van der Waals surface area contributed by atoms with Gasteiger partial charge in [0.1, 0.15) is 5.78 Å². The molecule has 2 saturated carbocycles. The second-order valence-electron chi connectivity index (χ2n) is 10.0. The van der Waals surface area contributed by atoms with Gasteiger partial charge in [-0.1, -0.05) is 61.4 Å². The first kappa shape index (κ1) is 24.5. The maximum absolute atomic E-state index is 13.5. The Morgan fingerprint density at radius 3 is 2.13 bits per heavy atom. The molecule has 0 aliphatic heterocycles. The summed E-state index contributed by atoms with van der Waals surface area (Å²) in [6.07, 6.45) is 13.1. The number of carbonyl (C=O) groups is 2. The van der Waals surface area contributed by atoms with Gasteiger partial charge in [0, 0.05) is 35.0 Å². The van der Waals surface area contributed by atoms with Crippen LogP contribution in [0.5, 0.6) is 0 Å². The normalized spacial score (nSPS) is 25.1. The number of carbonyl (C=O) groups excluding carboxylic acids is 2. The van der Waals surface area contributed by atoms with Crippen LogP contribution in [0.25, 0.3) is 0 Å². The minimum Gasteiger partial charge on any atom is -0.339 e. The van der Waals surface area contributed by atoms with Crippen LogP contribution in [-0.2, 0) is 11.2 Å². The molecule has 1 aromatic carbocycles. The molecule has 172 valence electrons. The summed E-state index contributed by atoms with van der Waals surface area (Å²) in [6.45, 7) is 7.53. The predicted octanol–water partition coefficient (Wildman–Crippen LogP) is 7.21. The molecule has 1 aromatic rings. The van der Waals surface area contributed by atoms with Gasteiger partial charge in [0.2, 0.25) is 0 Å². The number of Topliss-reactive ketones (excluding diaryl/α,β-unsaturated/α-hetero) is 1. The minimum atomic E-state index is -0.251. The highest BCUT2D eigenvalue weighted by Gasteiger charge is 2.39. The van der Waals surface area contributed by atoms with Crippen molar-refractivity contribution in [2.45, 2.75) is 91.4 Å². The Balaban J connectivity index is 1.68. The van der Waals surface area contributed by atoms with Crippen molar-refractivity contribution < 1.29 is 9.59 Å². The van der Waals surface area contributed by atoms with Gasteiger partial charge in [0.05, 0.1) is 0 Å². The topological polar surface area (TPSA) is 37.4 Å². The standard InChI is InChI=1S/C27H40BrNO2/c1-4-29(5-2)26(31)24-13-12-23(28)18-22(24)19-25(30)27(3)16-14-21(15-17-27)20-10-8-6-7-9-11-20/h12-13,18,20-21H,4-11,14-17,19H2,1-3H3. The van der Waals surface area contributed by atoms with Crippen molar-refractivity contribution >= 4 is 27.6 Å². The fraction of sp³-hybridized carbons (Fsp3) is 0.704. The van der Waals surface area contributed by atoms with E-state index in [1.54, 1.807) is 0 Å². The molecule has 2 aliphatic rings. The Kier molecular flexibility index (Phi) is 8.78. The Morgan fingerprint density at radius 1 is 0.968 bits per heavy atom. The predicted molar refractivity (Wildman–Crippen MR) is 131 cm³/mol. The molecule has 0 N–H and O–H groups in total. The zero-order chi connectivity index (χ0) is 22.4. The van der Waals surface area contributed by atoms with Gasteiger partial charge in [0.25, 0.3) is 5.91 Å². The molecule has 1 amide bonds. The average Bonchev–Trinajstić information content (AvgIpc) is 3.05. The molecule has 0 aromatic heterocycles. The number of halogens is 1. The van der Waals surface area contributed by atoms with Gasteiger partial charge in [-0.05, 0) is 75.1 Å². The highest BCUT2D eigenvalue weighted by atomic mass is 79.9. The molecule has 0 saturated heterocycles. The molecule has 3 rings (SSSR count). The van der Waals surface area contributed by atoms with Crippen molar-refractivity contribution in [1.82, 2.24) is 4.90 Å². The third-order valence-electron chi connectivity index (χ3n) is 8.07. The third-order valence-corrected chi connectivity index (χ3v) is 8.57.